The second kappa shape index (κ2) is 11.9. The molecule has 1 heterocycles. The van der Waals surface area contributed by atoms with E-state index in [1.165, 1.54) is 42.3 Å². The van der Waals surface area contributed by atoms with E-state index in [-0.39, 0.29) is 42.9 Å². The molecule has 206 valence electrons. The van der Waals surface area contributed by atoms with E-state index in [2.05, 4.69) is 0 Å². The minimum Gasteiger partial charge on any atom is -0.497 e. The molecule has 0 N–H and O–H groups in total. The molecule has 0 radical (unpaired) electrons. The van der Waals surface area contributed by atoms with Gasteiger partial charge in [-0.05, 0) is 49.9 Å². The summed E-state index contributed by atoms with van der Waals surface area (Å²) >= 11 is 0. The third-order valence-electron chi connectivity index (χ3n) is 6.86. The lowest BCUT2D eigenvalue weighted by Crippen LogP contribution is -2.56. The summed E-state index contributed by atoms with van der Waals surface area (Å²) in [4.78, 5) is 29.3. The first-order valence-corrected chi connectivity index (χ1v) is 12.2. The minimum absolute atomic E-state index is 0.0575. The largest absolute Gasteiger partial charge is 0.497 e. The van der Waals surface area contributed by atoms with Gasteiger partial charge in [0, 0.05) is 47.7 Å². The van der Waals surface area contributed by atoms with E-state index in [0.29, 0.717) is 17.7 Å². The highest BCUT2D eigenvalue weighted by Gasteiger charge is 2.49. The molecule has 1 fully saturated rings. The molecule has 0 aliphatic carbocycles. The third-order valence-corrected chi connectivity index (χ3v) is 6.86. The van der Waals surface area contributed by atoms with E-state index >= 15 is 0 Å². The van der Waals surface area contributed by atoms with Crippen LogP contribution in [0.1, 0.15) is 36.1 Å². The number of carbonyl (C=O) groups is 2. The van der Waals surface area contributed by atoms with Gasteiger partial charge in [0.2, 0.25) is 5.91 Å². The average molecular weight is 547 g/mol. The van der Waals surface area contributed by atoms with Crippen molar-refractivity contribution in [1.82, 2.24) is 9.80 Å². The third kappa shape index (κ3) is 6.25. The Morgan fingerprint density at radius 3 is 2.56 bits per heavy atom. The summed E-state index contributed by atoms with van der Waals surface area (Å²) in [6, 6.07) is 14.9. The summed E-state index contributed by atoms with van der Waals surface area (Å²) in [5.41, 5.74) is -1.46. The van der Waals surface area contributed by atoms with Crippen molar-refractivity contribution in [2.45, 2.75) is 18.4 Å². The molecular weight excluding hydrogens is 509 g/mol. The molecule has 3 aromatic carbocycles. The fraction of sp³-hybridized carbons (Fsp3) is 0.333. The number of halogens is 3. The van der Waals surface area contributed by atoms with Crippen molar-refractivity contribution < 1.29 is 40.5 Å². The van der Waals surface area contributed by atoms with E-state index < -0.39 is 61.3 Å². The van der Waals surface area contributed by atoms with Gasteiger partial charge in [0.25, 0.3) is 0 Å². The molecule has 6 nitrogen and oxygen atoms in total. The van der Waals surface area contributed by atoms with Crippen LogP contribution in [0.3, 0.4) is 0 Å². The van der Waals surface area contributed by atoms with Crippen molar-refractivity contribution in [3.05, 3.63) is 101 Å². The van der Waals surface area contributed by atoms with Crippen LogP contribution in [0.5, 0.6) is 5.75 Å². The maximum absolute atomic E-state index is 14.4. The lowest BCUT2D eigenvalue weighted by atomic mass is 9.75. The van der Waals surface area contributed by atoms with Gasteiger partial charge in [-0.1, -0.05) is 30.3 Å². The number of benzene rings is 3. The number of rotatable bonds is 8. The highest BCUT2D eigenvalue weighted by molar-refractivity contribution is 5.89. The molecule has 0 spiro atoms. The number of piperidine rings is 1. The highest BCUT2D eigenvalue weighted by Crippen LogP contribution is 2.43. The summed E-state index contributed by atoms with van der Waals surface area (Å²) in [6.07, 6.45) is -0.683. The van der Waals surface area contributed by atoms with Gasteiger partial charge in [0.1, 0.15) is 17.2 Å². The molecule has 0 unspecified atom stereocenters. The zero-order valence-corrected chi connectivity index (χ0v) is 21.1. The molecule has 0 aromatic heterocycles. The normalized spacial score (nSPS) is 22.1. The Morgan fingerprint density at radius 2 is 1.82 bits per heavy atom. The second-order valence-corrected chi connectivity index (χ2v) is 9.48. The lowest BCUT2D eigenvalue weighted by molar-refractivity contribution is -0.142. The Balaban J connectivity index is 1.77. The summed E-state index contributed by atoms with van der Waals surface area (Å²) in [7, 11) is -1.46. The van der Waals surface area contributed by atoms with Gasteiger partial charge >= 0.3 is 5.97 Å². The van der Waals surface area contributed by atoms with Crippen molar-refractivity contribution in [2.75, 3.05) is 40.7 Å². The Morgan fingerprint density at radius 1 is 1.05 bits per heavy atom. The van der Waals surface area contributed by atoms with Crippen molar-refractivity contribution in [3.8, 4) is 5.75 Å². The average Bonchev–Trinajstić information content (AvgIpc) is 2.96. The smallest absolute Gasteiger partial charge is 0.339 e. The topological polar surface area (TPSA) is 59.1 Å². The van der Waals surface area contributed by atoms with Crippen LogP contribution >= 0.6 is 0 Å². The standard InChI is InChI=1S/C30H31F3N2O4/c1-34(2)18-23-19-35(28(36)15-21-14-26(32)27(33)17-25(21)31)13-12-30(23,22-10-7-11-24(16-22)38-3)39-29(37)20-8-5-4-6-9-20/h4-11,14,16-17,23H,12-13,15,18-19H2,1-3H3/t23-,30-/m1/s1/i1D3,3D3. The zero-order valence-electron chi connectivity index (χ0n) is 27.1. The summed E-state index contributed by atoms with van der Waals surface area (Å²) in [5, 5.41) is 0. The number of methoxy groups -OCH3 is 1. The number of carbonyl (C=O) groups excluding carboxylic acids is 2. The van der Waals surface area contributed by atoms with Gasteiger partial charge < -0.3 is 19.3 Å². The van der Waals surface area contributed by atoms with Crippen molar-refractivity contribution in [2.24, 2.45) is 5.92 Å². The molecule has 1 saturated heterocycles. The summed E-state index contributed by atoms with van der Waals surface area (Å²) < 4.78 is 99.3. The molecule has 9 heteroatoms. The molecule has 2 atom stereocenters. The number of hydrogen-bond acceptors (Lipinski definition) is 5. The molecule has 0 bridgehead atoms. The minimum atomic E-state index is -2.79. The molecular formula is C30H31F3N2O4. The predicted octanol–water partition coefficient (Wildman–Crippen LogP) is 4.82. The Kier molecular flexibility index (Phi) is 6.42. The summed E-state index contributed by atoms with van der Waals surface area (Å²) in [5.74, 6) is -6.20. The number of esters is 1. The number of amides is 1. The quantitative estimate of drug-likeness (QED) is 0.300. The monoisotopic (exact) mass is 546 g/mol. The zero-order chi connectivity index (χ0) is 33.2. The molecule has 3 aromatic rings. The van der Waals surface area contributed by atoms with Crippen molar-refractivity contribution in [3.63, 3.8) is 0 Å². The van der Waals surface area contributed by atoms with Crippen LogP contribution in [0.4, 0.5) is 13.2 Å². The van der Waals surface area contributed by atoms with Crippen LogP contribution in [-0.2, 0) is 21.6 Å². The van der Waals surface area contributed by atoms with Crippen molar-refractivity contribution >= 4 is 11.9 Å². The number of likely N-dealkylation sites (tertiary alicyclic amines) is 1. The van der Waals surface area contributed by atoms with Crippen molar-refractivity contribution in [1.29, 1.82) is 0 Å². The van der Waals surface area contributed by atoms with Crippen LogP contribution in [0, 0.1) is 23.4 Å². The fourth-order valence-electron chi connectivity index (χ4n) is 4.94. The maximum Gasteiger partial charge on any atom is 0.339 e. The fourth-order valence-corrected chi connectivity index (χ4v) is 4.94. The van der Waals surface area contributed by atoms with Gasteiger partial charge in [-0.3, -0.25) is 4.79 Å². The van der Waals surface area contributed by atoms with Crippen LogP contribution in [0.2, 0.25) is 0 Å². The first-order valence-electron chi connectivity index (χ1n) is 15.2. The van der Waals surface area contributed by atoms with Gasteiger partial charge in [-0.15, -0.1) is 0 Å². The van der Waals surface area contributed by atoms with Crippen LogP contribution in [-0.4, -0.2) is 62.4 Å². The van der Waals surface area contributed by atoms with Gasteiger partial charge in [0.05, 0.1) is 23.1 Å². The first kappa shape index (κ1) is 21.0. The first-order chi connectivity index (χ1) is 21.0. The van der Waals surface area contributed by atoms with Gasteiger partial charge in [0.15, 0.2) is 11.6 Å². The van der Waals surface area contributed by atoms with E-state index in [1.54, 1.807) is 24.3 Å². The molecule has 39 heavy (non-hydrogen) atoms. The molecule has 0 saturated carbocycles. The molecule has 1 amide bonds. The number of hydrogen-bond donors (Lipinski definition) is 0. The van der Waals surface area contributed by atoms with E-state index in [1.807, 2.05) is 0 Å². The second-order valence-electron chi connectivity index (χ2n) is 9.48. The molecule has 4 rings (SSSR count). The highest BCUT2D eigenvalue weighted by atomic mass is 19.2. The predicted molar refractivity (Wildman–Crippen MR) is 140 cm³/mol. The number of ether oxygens (including phenoxy) is 2. The van der Waals surface area contributed by atoms with Crippen LogP contribution in [0.25, 0.3) is 0 Å². The Bertz CT molecular complexity index is 1540. The van der Waals surface area contributed by atoms with E-state index in [4.69, 9.17) is 17.7 Å². The van der Waals surface area contributed by atoms with Gasteiger partial charge in [-0.25, -0.2) is 18.0 Å². The van der Waals surface area contributed by atoms with Gasteiger partial charge in [-0.2, -0.15) is 0 Å². The number of nitrogens with zero attached hydrogens (tertiary/aromatic N) is 2. The van der Waals surface area contributed by atoms with Crippen LogP contribution < -0.4 is 4.74 Å². The lowest BCUT2D eigenvalue weighted by Gasteiger charge is -2.48. The maximum atomic E-state index is 14.4. The molecule has 1 aliphatic heterocycles. The Hall–Kier alpha value is -3.85. The Labute approximate surface area is 234 Å². The summed E-state index contributed by atoms with van der Waals surface area (Å²) in [6.45, 7) is -3.06. The molecule has 1 aliphatic rings. The van der Waals surface area contributed by atoms with Crippen LogP contribution in [0.15, 0.2) is 66.7 Å². The van der Waals surface area contributed by atoms with E-state index in [0.717, 1.165) is 4.90 Å². The SMILES string of the molecule is [2H]C([2H])([2H])Oc1cccc([C@]2(OC(=O)c3ccccc3)CCN(C(=O)Cc3cc(F)c(F)cc3F)C[C@H]2CN(C)C([2H])([2H])[2H])c1. The van der Waals surface area contributed by atoms with E-state index in [9.17, 15) is 22.8 Å².